The van der Waals surface area contributed by atoms with Gasteiger partial charge in [0.2, 0.25) is 0 Å². The molecule has 0 radical (unpaired) electrons. The monoisotopic (exact) mass is 763 g/mol. The Hall–Kier alpha value is -1.36. The van der Waals surface area contributed by atoms with E-state index in [2.05, 4.69) is 32.9 Å². The van der Waals surface area contributed by atoms with Crippen molar-refractivity contribution in [3.05, 3.63) is 12.2 Å². The summed E-state index contributed by atoms with van der Waals surface area (Å²) in [7, 11) is 0. The van der Waals surface area contributed by atoms with Gasteiger partial charge in [0.15, 0.2) is 6.10 Å². The lowest BCUT2D eigenvalue weighted by molar-refractivity contribution is -0.163. The fourth-order valence-electron chi connectivity index (χ4n) is 7.15. The van der Waals surface area contributed by atoms with E-state index in [9.17, 15) is 9.59 Å². The highest BCUT2D eigenvalue weighted by atomic mass is 16.6. The van der Waals surface area contributed by atoms with Crippen LogP contribution in [0.1, 0.15) is 265 Å². The molecule has 0 aromatic rings. The minimum atomic E-state index is -0.528. The number of allylic oxidation sites excluding steroid dienone is 2. The number of carbonyl (C=O) groups excluding carboxylic acids is 2. The maximum absolute atomic E-state index is 12.7. The lowest BCUT2D eigenvalue weighted by Gasteiger charge is -2.18. The molecule has 0 spiro atoms. The SMILES string of the molecule is CCCCCC/C=C\CCCCCCCC(=O)OC(COCCCCCCCCCC)COC(=O)CCCCCCCCCCCCCCCCCCC. The molecule has 0 aliphatic heterocycles. The molecule has 0 aliphatic carbocycles. The van der Waals surface area contributed by atoms with Gasteiger partial charge in [-0.05, 0) is 44.9 Å². The van der Waals surface area contributed by atoms with Gasteiger partial charge in [0, 0.05) is 19.4 Å². The summed E-state index contributed by atoms with van der Waals surface area (Å²) >= 11 is 0. The largest absolute Gasteiger partial charge is 0.462 e. The van der Waals surface area contributed by atoms with Crippen LogP contribution in [-0.2, 0) is 23.8 Å². The third-order valence-corrected chi connectivity index (χ3v) is 10.8. The Balaban J connectivity index is 4.12. The molecule has 1 atom stereocenters. The zero-order valence-electron chi connectivity index (χ0n) is 36.8. The van der Waals surface area contributed by atoms with Crippen LogP contribution in [0, 0.1) is 0 Å². The predicted molar refractivity (Wildman–Crippen MR) is 233 cm³/mol. The summed E-state index contributed by atoms with van der Waals surface area (Å²) < 4.78 is 17.3. The highest BCUT2D eigenvalue weighted by Crippen LogP contribution is 2.16. The normalized spacial score (nSPS) is 12.1. The second-order valence-corrected chi connectivity index (χ2v) is 16.4. The van der Waals surface area contributed by atoms with Crippen LogP contribution in [0.2, 0.25) is 0 Å². The third-order valence-electron chi connectivity index (χ3n) is 10.8. The molecule has 0 fully saturated rings. The first-order chi connectivity index (χ1) is 26.6. The van der Waals surface area contributed by atoms with Gasteiger partial charge in [0.25, 0.3) is 0 Å². The Morgan fingerprint density at radius 2 is 0.722 bits per heavy atom. The summed E-state index contributed by atoms with van der Waals surface area (Å²) in [6, 6.07) is 0. The summed E-state index contributed by atoms with van der Waals surface area (Å²) in [5, 5.41) is 0. The molecule has 0 N–H and O–H groups in total. The lowest BCUT2D eigenvalue weighted by Crippen LogP contribution is -2.30. The van der Waals surface area contributed by atoms with Gasteiger partial charge in [0.05, 0.1) is 6.61 Å². The molecule has 54 heavy (non-hydrogen) atoms. The van der Waals surface area contributed by atoms with Crippen molar-refractivity contribution in [3.8, 4) is 0 Å². The average Bonchev–Trinajstić information content (AvgIpc) is 3.17. The van der Waals surface area contributed by atoms with E-state index >= 15 is 0 Å². The zero-order valence-corrected chi connectivity index (χ0v) is 36.8. The number of carbonyl (C=O) groups is 2. The minimum Gasteiger partial charge on any atom is -0.462 e. The van der Waals surface area contributed by atoms with Gasteiger partial charge < -0.3 is 14.2 Å². The van der Waals surface area contributed by atoms with Crippen LogP contribution in [0.4, 0.5) is 0 Å². The Kier molecular flexibility index (Phi) is 44.9. The quantitative estimate of drug-likeness (QED) is 0.0351. The molecule has 0 bridgehead atoms. The lowest BCUT2D eigenvalue weighted by atomic mass is 10.0. The molecule has 0 saturated carbocycles. The summed E-state index contributed by atoms with van der Waals surface area (Å²) in [4.78, 5) is 25.2. The molecule has 0 heterocycles. The van der Waals surface area contributed by atoms with E-state index < -0.39 is 6.10 Å². The van der Waals surface area contributed by atoms with Gasteiger partial charge >= 0.3 is 11.9 Å². The molecule has 1 unspecified atom stereocenters. The maximum atomic E-state index is 12.7. The van der Waals surface area contributed by atoms with Gasteiger partial charge in [-0.3, -0.25) is 9.59 Å². The van der Waals surface area contributed by atoms with Gasteiger partial charge in [-0.1, -0.05) is 219 Å². The van der Waals surface area contributed by atoms with Crippen molar-refractivity contribution in [3.63, 3.8) is 0 Å². The molecular weight excluding hydrogens is 669 g/mol. The number of ether oxygens (including phenoxy) is 3. The number of hydrogen-bond donors (Lipinski definition) is 0. The number of esters is 2. The minimum absolute atomic E-state index is 0.0904. The van der Waals surface area contributed by atoms with Crippen LogP contribution in [-0.4, -0.2) is 37.9 Å². The molecule has 0 rings (SSSR count). The van der Waals surface area contributed by atoms with E-state index in [1.165, 1.54) is 186 Å². The number of hydrogen-bond acceptors (Lipinski definition) is 5. The fraction of sp³-hybridized carbons (Fsp3) is 0.918. The van der Waals surface area contributed by atoms with E-state index in [1.54, 1.807) is 0 Å². The molecule has 5 heteroatoms. The van der Waals surface area contributed by atoms with Crippen molar-refractivity contribution >= 4 is 11.9 Å². The van der Waals surface area contributed by atoms with Crippen LogP contribution < -0.4 is 0 Å². The van der Waals surface area contributed by atoms with Crippen molar-refractivity contribution in [2.24, 2.45) is 0 Å². The van der Waals surface area contributed by atoms with Gasteiger partial charge in [0.1, 0.15) is 6.61 Å². The Labute approximate surface area is 337 Å². The van der Waals surface area contributed by atoms with E-state index in [0.29, 0.717) is 26.1 Å². The third kappa shape index (κ3) is 43.4. The highest BCUT2D eigenvalue weighted by Gasteiger charge is 2.17. The number of unbranched alkanes of at least 4 members (excludes halogenated alkanes) is 32. The molecule has 5 nitrogen and oxygen atoms in total. The highest BCUT2D eigenvalue weighted by molar-refractivity contribution is 5.70. The first-order valence-corrected chi connectivity index (χ1v) is 24.2. The summed E-state index contributed by atoms with van der Waals surface area (Å²) in [6.07, 6.45) is 50.7. The average molecular weight is 763 g/mol. The summed E-state index contributed by atoms with van der Waals surface area (Å²) in [5.74, 6) is -0.391. The van der Waals surface area contributed by atoms with Crippen LogP contribution in [0.5, 0.6) is 0 Å². The molecule has 0 saturated heterocycles. The van der Waals surface area contributed by atoms with Crippen molar-refractivity contribution in [1.29, 1.82) is 0 Å². The van der Waals surface area contributed by atoms with E-state index in [1.807, 2.05) is 0 Å². The number of rotatable bonds is 45. The Bertz CT molecular complexity index is 780. The smallest absolute Gasteiger partial charge is 0.306 e. The van der Waals surface area contributed by atoms with E-state index in [0.717, 1.165) is 44.9 Å². The molecule has 320 valence electrons. The molecule has 0 aromatic heterocycles. The molecular formula is C49H94O5. The van der Waals surface area contributed by atoms with Crippen molar-refractivity contribution in [1.82, 2.24) is 0 Å². The zero-order chi connectivity index (χ0) is 39.3. The fourth-order valence-corrected chi connectivity index (χ4v) is 7.15. The maximum Gasteiger partial charge on any atom is 0.306 e. The molecule has 0 amide bonds. The second kappa shape index (κ2) is 46.0. The van der Waals surface area contributed by atoms with Gasteiger partial charge in [-0.15, -0.1) is 0 Å². The van der Waals surface area contributed by atoms with Crippen molar-refractivity contribution in [2.75, 3.05) is 19.8 Å². The van der Waals surface area contributed by atoms with E-state index in [4.69, 9.17) is 14.2 Å². The molecule has 0 aromatic carbocycles. The van der Waals surface area contributed by atoms with Gasteiger partial charge in [-0.25, -0.2) is 0 Å². The van der Waals surface area contributed by atoms with Gasteiger partial charge in [-0.2, -0.15) is 0 Å². The molecule has 0 aliphatic rings. The van der Waals surface area contributed by atoms with Crippen LogP contribution in [0.3, 0.4) is 0 Å². The Morgan fingerprint density at radius 1 is 0.389 bits per heavy atom. The topological polar surface area (TPSA) is 61.8 Å². The van der Waals surface area contributed by atoms with Crippen LogP contribution >= 0.6 is 0 Å². The first-order valence-electron chi connectivity index (χ1n) is 24.2. The standard InChI is InChI=1S/C49H94O5/c1-4-7-10-13-16-19-21-23-24-25-26-28-29-31-33-36-39-42-48(50)53-46-47(45-52-44-41-38-35-18-15-12-9-6-3)54-49(51)43-40-37-34-32-30-27-22-20-17-14-11-8-5-2/h20,22,47H,4-19,21,23-46H2,1-3H3/b22-20-. The Morgan fingerprint density at radius 3 is 1.15 bits per heavy atom. The second-order valence-electron chi connectivity index (χ2n) is 16.4. The van der Waals surface area contributed by atoms with E-state index in [-0.39, 0.29) is 18.5 Å². The summed E-state index contributed by atoms with van der Waals surface area (Å²) in [6.45, 7) is 7.84. The van der Waals surface area contributed by atoms with Crippen LogP contribution in [0.25, 0.3) is 0 Å². The van der Waals surface area contributed by atoms with Crippen molar-refractivity contribution in [2.45, 2.75) is 271 Å². The van der Waals surface area contributed by atoms with Crippen LogP contribution in [0.15, 0.2) is 12.2 Å². The van der Waals surface area contributed by atoms with Crippen molar-refractivity contribution < 1.29 is 23.8 Å². The first kappa shape index (κ1) is 52.6. The summed E-state index contributed by atoms with van der Waals surface area (Å²) in [5.41, 5.74) is 0. The predicted octanol–water partition coefficient (Wildman–Crippen LogP) is 15.9.